The van der Waals surface area contributed by atoms with Crippen LogP contribution < -0.4 is 5.32 Å². The van der Waals surface area contributed by atoms with E-state index in [2.05, 4.69) is 11.4 Å². The normalized spacial score (nSPS) is 14.9. The van der Waals surface area contributed by atoms with Crippen LogP contribution in [0.2, 0.25) is 0 Å². The van der Waals surface area contributed by atoms with Crippen LogP contribution in [0.3, 0.4) is 0 Å². The summed E-state index contributed by atoms with van der Waals surface area (Å²) < 4.78 is 0. The summed E-state index contributed by atoms with van der Waals surface area (Å²) in [7, 11) is 1.92. The third-order valence-corrected chi connectivity index (χ3v) is 5.42. The second kappa shape index (κ2) is 5.95. The Morgan fingerprint density at radius 3 is 2.90 bits per heavy atom. The van der Waals surface area contributed by atoms with Crippen LogP contribution in [-0.2, 0) is 19.3 Å². The van der Waals surface area contributed by atoms with Crippen molar-refractivity contribution in [3.63, 3.8) is 0 Å². The first kappa shape index (κ1) is 14.2. The Labute approximate surface area is 128 Å². The van der Waals surface area contributed by atoms with Crippen molar-refractivity contribution < 1.29 is 4.92 Å². The SMILES string of the molecule is CNC(Cc1ccccc1[N+](=O)[O-])c1cc2c(s1)CCC2. The number of rotatable bonds is 5. The zero-order chi connectivity index (χ0) is 14.8. The van der Waals surface area contributed by atoms with E-state index in [1.54, 1.807) is 12.1 Å². The van der Waals surface area contributed by atoms with Crippen molar-refractivity contribution in [3.05, 3.63) is 61.3 Å². The van der Waals surface area contributed by atoms with Crippen LogP contribution in [0.1, 0.15) is 33.3 Å². The van der Waals surface area contributed by atoms with Gasteiger partial charge in [-0.25, -0.2) is 0 Å². The van der Waals surface area contributed by atoms with Crippen molar-refractivity contribution in [3.8, 4) is 0 Å². The third-order valence-electron chi connectivity index (χ3n) is 4.07. The molecule has 0 bridgehead atoms. The number of nitrogens with zero attached hydrogens (tertiary/aromatic N) is 1. The molecule has 1 aromatic carbocycles. The minimum Gasteiger partial charge on any atom is -0.312 e. The van der Waals surface area contributed by atoms with Gasteiger partial charge in [0.25, 0.3) is 5.69 Å². The van der Waals surface area contributed by atoms with E-state index in [1.165, 1.54) is 34.6 Å². The number of nitrogens with one attached hydrogen (secondary N) is 1. The summed E-state index contributed by atoms with van der Waals surface area (Å²) in [5, 5.41) is 14.4. The molecule has 21 heavy (non-hydrogen) atoms. The first-order chi connectivity index (χ1) is 10.2. The molecule has 0 amide bonds. The predicted molar refractivity (Wildman–Crippen MR) is 84.9 cm³/mol. The lowest BCUT2D eigenvalue weighted by Gasteiger charge is -2.14. The molecule has 2 aromatic rings. The summed E-state index contributed by atoms with van der Waals surface area (Å²) in [6.45, 7) is 0. The van der Waals surface area contributed by atoms with Gasteiger partial charge in [0, 0.05) is 27.4 Å². The Balaban J connectivity index is 1.86. The van der Waals surface area contributed by atoms with Gasteiger partial charge in [-0.1, -0.05) is 18.2 Å². The van der Waals surface area contributed by atoms with Gasteiger partial charge in [0.15, 0.2) is 0 Å². The molecule has 0 spiro atoms. The van der Waals surface area contributed by atoms with Crippen LogP contribution >= 0.6 is 11.3 Å². The number of hydrogen-bond donors (Lipinski definition) is 1. The van der Waals surface area contributed by atoms with E-state index >= 15 is 0 Å². The number of likely N-dealkylation sites (N-methyl/N-ethyl adjacent to an activating group) is 1. The molecule has 1 aliphatic rings. The molecule has 110 valence electrons. The largest absolute Gasteiger partial charge is 0.312 e. The van der Waals surface area contributed by atoms with Crippen LogP contribution in [0.15, 0.2) is 30.3 Å². The fraction of sp³-hybridized carbons (Fsp3) is 0.375. The second-order valence-electron chi connectivity index (χ2n) is 5.38. The predicted octanol–water partition coefficient (Wildman–Crippen LogP) is 3.65. The van der Waals surface area contributed by atoms with E-state index in [-0.39, 0.29) is 16.7 Å². The lowest BCUT2D eigenvalue weighted by Crippen LogP contribution is -2.18. The molecule has 1 N–H and O–H groups in total. The molecule has 1 atom stereocenters. The lowest BCUT2D eigenvalue weighted by molar-refractivity contribution is -0.385. The molecule has 1 aromatic heterocycles. The summed E-state index contributed by atoms with van der Waals surface area (Å²) in [6, 6.07) is 9.43. The molecule has 1 heterocycles. The maximum Gasteiger partial charge on any atom is 0.272 e. The van der Waals surface area contributed by atoms with E-state index in [1.807, 2.05) is 30.5 Å². The van der Waals surface area contributed by atoms with E-state index in [9.17, 15) is 10.1 Å². The van der Waals surface area contributed by atoms with Crippen LogP contribution in [0.25, 0.3) is 0 Å². The number of benzene rings is 1. The average molecular weight is 302 g/mol. The summed E-state index contributed by atoms with van der Waals surface area (Å²) in [5.41, 5.74) is 2.47. The molecule has 0 fully saturated rings. The Kier molecular flexibility index (Phi) is 4.03. The number of fused-ring (bicyclic) bond motifs is 1. The standard InChI is InChI=1S/C16H18N2O2S/c1-17-13(16-10-12-6-4-8-15(12)21-16)9-11-5-2-3-7-14(11)18(19)20/h2-3,5,7,10,13,17H,4,6,8-9H2,1H3. The van der Waals surface area contributed by atoms with Crippen molar-refractivity contribution in [2.24, 2.45) is 0 Å². The van der Waals surface area contributed by atoms with Gasteiger partial charge >= 0.3 is 0 Å². The van der Waals surface area contributed by atoms with Gasteiger partial charge in [0.05, 0.1) is 4.92 Å². The molecular weight excluding hydrogens is 284 g/mol. The highest BCUT2D eigenvalue weighted by atomic mass is 32.1. The van der Waals surface area contributed by atoms with Crippen molar-refractivity contribution in [2.45, 2.75) is 31.7 Å². The van der Waals surface area contributed by atoms with E-state index < -0.39 is 0 Å². The Morgan fingerprint density at radius 2 is 2.19 bits per heavy atom. The van der Waals surface area contributed by atoms with E-state index in [0.717, 1.165) is 5.56 Å². The quantitative estimate of drug-likeness (QED) is 0.677. The van der Waals surface area contributed by atoms with Crippen molar-refractivity contribution in [1.29, 1.82) is 0 Å². The highest BCUT2D eigenvalue weighted by molar-refractivity contribution is 7.12. The molecule has 0 radical (unpaired) electrons. The van der Waals surface area contributed by atoms with Crippen molar-refractivity contribution in [2.75, 3.05) is 7.05 Å². The van der Waals surface area contributed by atoms with Gasteiger partial charge in [0.1, 0.15) is 0 Å². The molecule has 0 saturated heterocycles. The van der Waals surface area contributed by atoms with Crippen LogP contribution in [0, 0.1) is 10.1 Å². The van der Waals surface area contributed by atoms with E-state index in [0.29, 0.717) is 6.42 Å². The third kappa shape index (κ3) is 2.84. The van der Waals surface area contributed by atoms with Gasteiger partial charge in [-0.2, -0.15) is 0 Å². The molecule has 1 aliphatic carbocycles. The molecule has 3 rings (SSSR count). The Bertz CT molecular complexity index is 645. The smallest absolute Gasteiger partial charge is 0.272 e. The number of aryl methyl sites for hydroxylation is 2. The summed E-state index contributed by atoms with van der Waals surface area (Å²) in [5.74, 6) is 0. The van der Waals surface area contributed by atoms with Crippen LogP contribution in [0.5, 0.6) is 0 Å². The van der Waals surface area contributed by atoms with Gasteiger partial charge in [0.2, 0.25) is 0 Å². The lowest BCUT2D eigenvalue weighted by atomic mass is 10.0. The van der Waals surface area contributed by atoms with Crippen LogP contribution in [-0.4, -0.2) is 12.0 Å². The van der Waals surface area contributed by atoms with Gasteiger partial charge in [-0.3, -0.25) is 10.1 Å². The number of nitro groups is 1. The van der Waals surface area contributed by atoms with Gasteiger partial charge in [-0.15, -0.1) is 11.3 Å². The summed E-state index contributed by atoms with van der Waals surface area (Å²) in [6.07, 6.45) is 4.26. The Hall–Kier alpha value is -1.72. The highest BCUT2D eigenvalue weighted by Gasteiger charge is 2.22. The number of para-hydroxylation sites is 1. The monoisotopic (exact) mass is 302 g/mol. The summed E-state index contributed by atoms with van der Waals surface area (Å²) in [4.78, 5) is 13.6. The minimum atomic E-state index is -0.295. The number of nitro benzene ring substituents is 1. The fourth-order valence-corrected chi connectivity index (χ4v) is 4.32. The first-order valence-electron chi connectivity index (χ1n) is 7.20. The second-order valence-corrected chi connectivity index (χ2v) is 6.55. The first-order valence-corrected chi connectivity index (χ1v) is 8.01. The molecule has 5 heteroatoms. The molecule has 0 saturated carbocycles. The maximum atomic E-state index is 11.1. The summed E-state index contributed by atoms with van der Waals surface area (Å²) >= 11 is 1.86. The Morgan fingerprint density at radius 1 is 1.38 bits per heavy atom. The van der Waals surface area contributed by atoms with Crippen LogP contribution in [0.4, 0.5) is 5.69 Å². The zero-order valence-corrected chi connectivity index (χ0v) is 12.8. The molecule has 0 aliphatic heterocycles. The minimum absolute atomic E-state index is 0.140. The average Bonchev–Trinajstić information content (AvgIpc) is 3.06. The van der Waals surface area contributed by atoms with E-state index in [4.69, 9.17) is 0 Å². The molecular formula is C16H18N2O2S. The number of hydrogen-bond acceptors (Lipinski definition) is 4. The van der Waals surface area contributed by atoms with Gasteiger partial charge in [-0.05, 0) is 44.4 Å². The topological polar surface area (TPSA) is 55.2 Å². The maximum absolute atomic E-state index is 11.1. The highest BCUT2D eigenvalue weighted by Crippen LogP contribution is 2.35. The van der Waals surface area contributed by atoms with Crippen molar-refractivity contribution in [1.82, 2.24) is 5.32 Å². The van der Waals surface area contributed by atoms with Crippen molar-refractivity contribution >= 4 is 17.0 Å². The number of thiophene rings is 1. The fourth-order valence-electron chi connectivity index (χ4n) is 2.95. The molecule has 4 nitrogen and oxygen atoms in total. The van der Waals surface area contributed by atoms with Gasteiger partial charge < -0.3 is 5.32 Å². The zero-order valence-electron chi connectivity index (χ0n) is 12.0. The molecule has 1 unspecified atom stereocenters.